The van der Waals surface area contributed by atoms with E-state index in [4.69, 9.17) is 0 Å². The molecule has 1 aliphatic rings. The summed E-state index contributed by atoms with van der Waals surface area (Å²) in [6.07, 6.45) is -3.81. The number of hydrogen-bond donors (Lipinski definition) is 2. The highest BCUT2D eigenvalue weighted by Crippen LogP contribution is 2.33. The van der Waals surface area contributed by atoms with Crippen molar-refractivity contribution in [3.63, 3.8) is 0 Å². The van der Waals surface area contributed by atoms with E-state index in [-0.39, 0.29) is 36.0 Å². The molecular formula is C17H18ClF5N4. The van der Waals surface area contributed by atoms with E-state index >= 15 is 0 Å². The van der Waals surface area contributed by atoms with Crippen LogP contribution in [0.2, 0.25) is 0 Å². The first-order chi connectivity index (χ1) is 12.3. The summed E-state index contributed by atoms with van der Waals surface area (Å²) >= 11 is 0. The average molecular weight is 409 g/mol. The lowest BCUT2D eigenvalue weighted by Gasteiger charge is -2.27. The fraction of sp³-hybridized carbons (Fsp3) is 0.412. The number of aromatic nitrogens is 2. The van der Waals surface area contributed by atoms with E-state index in [2.05, 4.69) is 20.6 Å². The normalized spacial score (nSPS) is 20.1. The minimum atomic E-state index is -4.61. The molecule has 1 aromatic carbocycles. The maximum atomic E-state index is 14.1. The second kappa shape index (κ2) is 8.35. The SMILES string of the molecule is Cc1nc(N[C@H]2CCNC[C@@H]2F)ncc1-c1ccc(C(F)(F)F)cc1F.Cl. The van der Waals surface area contributed by atoms with Gasteiger partial charge < -0.3 is 10.6 Å². The quantitative estimate of drug-likeness (QED) is 0.749. The summed E-state index contributed by atoms with van der Waals surface area (Å²) in [5.41, 5.74) is -0.419. The van der Waals surface area contributed by atoms with Gasteiger partial charge in [-0.25, -0.2) is 18.7 Å². The minimum absolute atomic E-state index is 0. The van der Waals surface area contributed by atoms with Crippen LogP contribution in [0.25, 0.3) is 11.1 Å². The predicted octanol–water partition coefficient (Wildman–Crippen LogP) is 4.14. The molecule has 2 aromatic rings. The second-order valence-electron chi connectivity index (χ2n) is 6.14. The number of hydrogen-bond acceptors (Lipinski definition) is 4. The molecule has 0 amide bonds. The van der Waals surface area contributed by atoms with Gasteiger partial charge in [-0.1, -0.05) is 6.07 Å². The Kier molecular flexibility index (Phi) is 6.59. The monoisotopic (exact) mass is 408 g/mol. The van der Waals surface area contributed by atoms with Crippen LogP contribution in [0.15, 0.2) is 24.4 Å². The van der Waals surface area contributed by atoms with Crippen molar-refractivity contribution in [1.82, 2.24) is 15.3 Å². The number of halogens is 6. The molecule has 10 heteroatoms. The maximum Gasteiger partial charge on any atom is 0.416 e. The van der Waals surface area contributed by atoms with Gasteiger partial charge in [-0.15, -0.1) is 12.4 Å². The predicted molar refractivity (Wildman–Crippen MR) is 94.2 cm³/mol. The minimum Gasteiger partial charge on any atom is -0.348 e. The van der Waals surface area contributed by atoms with Crippen LogP contribution >= 0.6 is 12.4 Å². The fourth-order valence-electron chi connectivity index (χ4n) is 2.86. The highest BCUT2D eigenvalue weighted by Gasteiger charge is 2.31. The first kappa shape index (κ1) is 21.3. The number of rotatable bonds is 3. The smallest absolute Gasteiger partial charge is 0.348 e. The summed E-state index contributed by atoms with van der Waals surface area (Å²) in [5, 5.41) is 5.85. The molecule has 2 N–H and O–H groups in total. The first-order valence-corrected chi connectivity index (χ1v) is 8.08. The zero-order valence-corrected chi connectivity index (χ0v) is 15.1. The number of benzene rings is 1. The van der Waals surface area contributed by atoms with Crippen LogP contribution < -0.4 is 10.6 Å². The van der Waals surface area contributed by atoms with Crippen molar-refractivity contribution >= 4 is 18.4 Å². The molecular weight excluding hydrogens is 391 g/mol. The topological polar surface area (TPSA) is 49.8 Å². The summed E-state index contributed by atoms with van der Waals surface area (Å²) < 4.78 is 65.9. The van der Waals surface area contributed by atoms with Gasteiger partial charge in [0.15, 0.2) is 0 Å². The summed E-state index contributed by atoms with van der Waals surface area (Å²) in [7, 11) is 0. The molecule has 2 atom stereocenters. The van der Waals surface area contributed by atoms with Gasteiger partial charge in [0.2, 0.25) is 5.95 Å². The van der Waals surface area contributed by atoms with E-state index in [0.717, 1.165) is 12.1 Å². The van der Waals surface area contributed by atoms with Crippen LogP contribution in [0.3, 0.4) is 0 Å². The third-order valence-electron chi connectivity index (χ3n) is 4.29. The number of alkyl halides is 4. The highest BCUT2D eigenvalue weighted by molar-refractivity contribution is 5.85. The molecule has 0 saturated carbocycles. The molecule has 1 saturated heterocycles. The van der Waals surface area contributed by atoms with Crippen molar-refractivity contribution in [1.29, 1.82) is 0 Å². The number of aryl methyl sites for hydroxylation is 1. The highest BCUT2D eigenvalue weighted by atomic mass is 35.5. The lowest BCUT2D eigenvalue weighted by molar-refractivity contribution is -0.137. The Balaban J connectivity index is 0.00000261. The molecule has 27 heavy (non-hydrogen) atoms. The third-order valence-corrected chi connectivity index (χ3v) is 4.29. The zero-order chi connectivity index (χ0) is 18.9. The molecule has 1 aliphatic heterocycles. The van der Waals surface area contributed by atoms with Gasteiger partial charge in [-0.2, -0.15) is 13.2 Å². The Morgan fingerprint density at radius 1 is 1.22 bits per heavy atom. The Morgan fingerprint density at radius 3 is 2.56 bits per heavy atom. The van der Waals surface area contributed by atoms with Crippen molar-refractivity contribution in [2.45, 2.75) is 31.7 Å². The van der Waals surface area contributed by atoms with Gasteiger partial charge >= 0.3 is 6.18 Å². The van der Waals surface area contributed by atoms with Gasteiger partial charge in [0.05, 0.1) is 17.3 Å². The zero-order valence-electron chi connectivity index (χ0n) is 14.3. The Bertz CT molecular complexity index is 799. The van der Waals surface area contributed by atoms with Gasteiger partial charge in [-0.3, -0.25) is 0 Å². The van der Waals surface area contributed by atoms with Crippen molar-refractivity contribution in [3.8, 4) is 11.1 Å². The second-order valence-corrected chi connectivity index (χ2v) is 6.14. The van der Waals surface area contributed by atoms with Crippen molar-refractivity contribution in [3.05, 3.63) is 41.5 Å². The third kappa shape index (κ3) is 4.84. The Labute approximate surface area is 159 Å². The van der Waals surface area contributed by atoms with E-state index in [9.17, 15) is 22.0 Å². The Morgan fingerprint density at radius 2 is 1.96 bits per heavy atom. The van der Waals surface area contributed by atoms with Crippen LogP contribution in [0.1, 0.15) is 17.7 Å². The number of nitrogens with one attached hydrogen (secondary N) is 2. The molecule has 0 aliphatic carbocycles. The Hall–Kier alpha value is -2.00. The summed E-state index contributed by atoms with van der Waals surface area (Å²) in [6.45, 7) is 2.51. The standard InChI is InChI=1S/C17H17F5N4.ClH/c1-9-12(11-3-2-10(6-13(11)18)17(20,21)22)7-24-16(25-9)26-15-4-5-23-8-14(15)19;/h2-3,6-7,14-15,23H,4-5,8H2,1H3,(H,24,25,26);1H/t14-,15-;/m0./s1. The van der Waals surface area contributed by atoms with Gasteiger partial charge in [0.1, 0.15) is 12.0 Å². The summed E-state index contributed by atoms with van der Waals surface area (Å²) in [4.78, 5) is 8.25. The molecule has 0 radical (unpaired) electrons. The molecule has 148 valence electrons. The summed E-state index contributed by atoms with van der Waals surface area (Å²) in [6, 6.07) is 1.89. The van der Waals surface area contributed by atoms with Gasteiger partial charge in [-0.05, 0) is 32.0 Å². The molecule has 2 heterocycles. The molecule has 0 unspecified atom stereocenters. The molecule has 0 spiro atoms. The van der Waals surface area contributed by atoms with E-state index in [1.807, 2.05) is 0 Å². The van der Waals surface area contributed by atoms with E-state index in [0.29, 0.717) is 24.7 Å². The largest absolute Gasteiger partial charge is 0.416 e. The van der Waals surface area contributed by atoms with Crippen LogP contribution in [0.4, 0.5) is 27.9 Å². The van der Waals surface area contributed by atoms with Gasteiger partial charge in [0.25, 0.3) is 0 Å². The average Bonchev–Trinajstić information content (AvgIpc) is 2.57. The molecule has 1 aromatic heterocycles. The molecule has 3 rings (SSSR count). The van der Waals surface area contributed by atoms with Crippen molar-refractivity contribution < 1.29 is 22.0 Å². The summed E-state index contributed by atoms with van der Waals surface area (Å²) in [5.74, 6) is -0.803. The van der Waals surface area contributed by atoms with Crippen LogP contribution in [0, 0.1) is 12.7 Å². The number of anilines is 1. The number of piperidine rings is 1. The number of nitrogens with zero attached hydrogens (tertiary/aromatic N) is 2. The van der Waals surface area contributed by atoms with Crippen LogP contribution in [-0.2, 0) is 6.18 Å². The van der Waals surface area contributed by atoms with E-state index < -0.39 is 29.8 Å². The van der Waals surface area contributed by atoms with Crippen molar-refractivity contribution in [2.24, 2.45) is 0 Å². The first-order valence-electron chi connectivity index (χ1n) is 8.08. The van der Waals surface area contributed by atoms with E-state index in [1.165, 1.54) is 6.20 Å². The van der Waals surface area contributed by atoms with Crippen molar-refractivity contribution in [2.75, 3.05) is 18.4 Å². The fourth-order valence-corrected chi connectivity index (χ4v) is 2.86. The lowest BCUT2D eigenvalue weighted by Crippen LogP contribution is -2.45. The molecule has 1 fully saturated rings. The lowest BCUT2D eigenvalue weighted by atomic mass is 10.0. The molecule has 0 bridgehead atoms. The van der Waals surface area contributed by atoms with Crippen LogP contribution in [0.5, 0.6) is 0 Å². The van der Waals surface area contributed by atoms with Crippen LogP contribution in [-0.4, -0.2) is 35.3 Å². The van der Waals surface area contributed by atoms with Gasteiger partial charge in [0, 0.05) is 23.9 Å². The maximum absolute atomic E-state index is 14.1. The van der Waals surface area contributed by atoms with E-state index in [1.54, 1.807) is 6.92 Å². The molecule has 4 nitrogen and oxygen atoms in total.